The minimum absolute atomic E-state index is 0. The van der Waals surface area contributed by atoms with Crippen molar-refractivity contribution in [3.8, 4) is 0 Å². The molecule has 0 saturated heterocycles. The molecule has 0 aliphatic rings. The Kier molecular flexibility index (Phi) is 10.6. The van der Waals surface area contributed by atoms with Crippen molar-refractivity contribution in [2.75, 3.05) is 6.61 Å². The van der Waals surface area contributed by atoms with E-state index in [9.17, 15) is 0 Å². The fourth-order valence-electron chi connectivity index (χ4n) is 0.584. The van der Waals surface area contributed by atoms with Crippen LogP contribution in [0.15, 0.2) is 0 Å². The summed E-state index contributed by atoms with van der Waals surface area (Å²) in [7, 11) is 0. The van der Waals surface area contributed by atoms with Crippen LogP contribution in [0.5, 0.6) is 0 Å². The van der Waals surface area contributed by atoms with Crippen LogP contribution in [0.1, 0.15) is 26.7 Å². The second kappa shape index (κ2) is 7.48. The second-order valence-corrected chi connectivity index (χ2v) is 2.08. The maximum atomic E-state index is 8.47. The van der Waals surface area contributed by atoms with Gasteiger partial charge in [-0.25, -0.2) is 0 Å². The predicted molar refractivity (Wildman–Crippen MR) is 31.2 cm³/mol. The van der Waals surface area contributed by atoms with Crippen LogP contribution in [0.25, 0.3) is 0 Å². The molecule has 0 aromatic carbocycles. The van der Waals surface area contributed by atoms with Gasteiger partial charge in [-0.2, -0.15) is 0 Å². The van der Waals surface area contributed by atoms with Crippen molar-refractivity contribution in [2.45, 2.75) is 26.7 Å². The topological polar surface area (TPSA) is 20.2 Å². The molecule has 1 unspecified atom stereocenters. The number of aliphatic hydroxyl groups excluding tert-OH is 1. The van der Waals surface area contributed by atoms with E-state index in [1.165, 1.54) is 6.42 Å². The van der Waals surface area contributed by atoms with E-state index in [-0.39, 0.29) is 17.1 Å². The largest absolute Gasteiger partial charge is 0.396 e. The summed E-state index contributed by atoms with van der Waals surface area (Å²) in [6.07, 6.45) is 2.33. The van der Waals surface area contributed by atoms with Gasteiger partial charge in [0.05, 0.1) is 0 Å². The molecule has 0 aliphatic heterocycles. The van der Waals surface area contributed by atoms with Gasteiger partial charge >= 0.3 is 0 Å². The van der Waals surface area contributed by atoms with E-state index < -0.39 is 0 Å². The van der Waals surface area contributed by atoms with E-state index >= 15 is 0 Å². The molecule has 0 saturated carbocycles. The fraction of sp³-hybridized carbons (Fsp3) is 1.00. The average Bonchev–Trinajstić information content (AvgIpc) is 1.68. The molecule has 0 amide bonds. The van der Waals surface area contributed by atoms with Crippen LogP contribution >= 0.6 is 0 Å². The molecule has 55 valence electrons. The van der Waals surface area contributed by atoms with E-state index in [1.54, 1.807) is 0 Å². The van der Waals surface area contributed by atoms with Gasteiger partial charge in [-0.15, -0.1) is 0 Å². The van der Waals surface area contributed by atoms with Gasteiger partial charge in [0.25, 0.3) is 0 Å². The average molecular weight is 166 g/mol. The van der Waals surface area contributed by atoms with Gasteiger partial charge in [0.1, 0.15) is 0 Å². The van der Waals surface area contributed by atoms with Gasteiger partial charge in [0, 0.05) is 23.7 Å². The molecule has 1 radical (unpaired) electrons. The normalized spacial score (nSPS) is 12.4. The Hall–Kier alpha value is 0.479. The third-order valence-electron chi connectivity index (χ3n) is 1.09. The minimum Gasteiger partial charge on any atom is -0.396 e. The molecule has 0 heterocycles. The molecule has 0 rings (SSSR count). The van der Waals surface area contributed by atoms with Gasteiger partial charge < -0.3 is 5.11 Å². The number of aliphatic hydroxyl groups is 1. The van der Waals surface area contributed by atoms with Gasteiger partial charge in [0.15, 0.2) is 0 Å². The fourth-order valence-corrected chi connectivity index (χ4v) is 0.584. The van der Waals surface area contributed by atoms with Crippen LogP contribution in [0.4, 0.5) is 0 Å². The summed E-state index contributed by atoms with van der Waals surface area (Å²) in [5, 5.41) is 8.47. The van der Waals surface area contributed by atoms with Gasteiger partial charge in [0.2, 0.25) is 0 Å². The Labute approximate surface area is 62.0 Å². The third-order valence-corrected chi connectivity index (χ3v) is 1.09. The molecule has 2 heteroatoms. The molecular formula is C6H14CuO. The van der Waals surface area contributed by atoms with Crippen LogP contribution < -0.4 is 0 Å². The molecule has 1 nitrogen and oxygen atoms in total. The summed E-state index contributed by atoms with van der Waals surface area (Å²) < 4.78 is 0. The van der Waals surface area contributed by atoms with Crippen molar-refractivity contribution in [1.29, 1.82) is 0 Å². The van der Waals surface area contributed by atoms with Crippen LogP contribution in [-0.4, -0.2) is 11.7 Å². The van der Waals surface area contributed by atoms with Crippen LogP contribution in [-0.2, 0) is 17.1 Å². The van der Waals surface area contributed by atoms with E-state index in [0.29, 0.717) is 12.5 Å². The van der Waals surface area contributed by atoms with Crippen LogP contribution in [0.3, 0.4) is 0 Å². The van der Waals surface area contributed by atoms with Gasteiger partial charge in [-0.05, 0) is 12.3 Å². The first kappa shape index (κ1) is 11.3. The van der Waals surface area contributed by atoms with E-state index in [0.717, 1.165) is 6.42 Å². The Morgan fingerprint density at radius 3 is 2.12 bits per heavy atom. The van der Waals surface area contributed by atoms with Crippen molar-refractivity contribution in [3.63, 3.8) is 0 Å². The van der Waals surface area contributed by atoms with Crippen LogP contribution in [0, 0.1) is 5.92 Å². The molecule has 1 atom stereocenters. The molecule has 0 fully saturated rings. The first-order valence-electron chi connectivity index (χ1n) is 2.92. The third kappa shape index (κ3) is 6.48. The molecule has 0 aliphatic carbocycles. The van der Waals surface area contributed by atoms with Gasteiger partial charge in [-0.1, -0.05) is 20.3 Å². The first-order valence-corrected chi connectivity index (χ1v) is 2.92. The van der Waals surface area contributed by atoms with Crippen molar-refractivity contribution in [1.82, 2.24) is 0 Å². The smallest absolute Gasteiger partial charge is 0.0456 e. The van der Waals surface area contributed by atoms with Crippen molar-refractivity contribution in [2.24, 2.45) is 5.92 Å². The summed E-state index contributed by atoms with van der Waals surface area (Å²) in [5.41, 5.74) is 0. The summed E-state index contributed by atoms with van der Waals surface area (Å²) in [6.45, 7) is 4.53. The maximum Gasteiger partial charge on any atom is 0.0456 e. The quantitative estimate of drug-likeness (QED) is 0.628. The number of rotatable bonds is 3. The van der Waals surface area contributed by atoms with Crippen molar-refractivity contribution < 1.29 is 22.2 Å². The molecule has 0 bridgehead atoms. The zero-order valence-corrected chi connectivity index (χ0v) is 6.39. The molecule has 0 spiro atoms. The molecule has 1 N–H and O–H groups in total. The maximum absolute atomic E-state index is 8.47. The predicted octanol–water partition coefficient (Wildman–Crippen LogP) is 1.41. The molecule has 0 aromatic heterocycles. The van der Waals surface area contributed by atoms with E-state index in [1.807, 2.05) is 0 Å². The summed E-state index contributed by atoms with van der Waals surface area (Å²) >= 11 is 0. The minimum atomic E-state index is 0. The van der Waals surface area contributed by atoms with E-state index in [4.69, 9.17) is 5.11 Å². The second-order valence-electron chi connectivity index (χ2n) is 2.08. The summed E-state index contributed by atoms with van der Waals surface area (Å²) in [6, 6.07) is 0. The molecule has 0 aromatic rings. The van der Waals surface area contributed by atoms with Gasteiger partial charge in [-0.3, -0.25) is 0 Å². The Balaban J connectivity index is 0. The van der Waals surface area contributed by atoms with Crippen LogP contribution in [0.2, 0.25) is 0 Å². The Bertz CT molecular complexity index is 39.5. The molecule has 8 heavy (non-hydrogen) atoms. The zero-order valence-electron chi connectivity index (χ0n) is 5.45. The monoisotopic (exact) mass is 165 g/mol. The van der Waals surface area contributed by atoms with E-state index in [2.05, 4.69) is 13.8 Å². The standard InChI is InChI=1S/C6H14O.Cu/c1-3-4-6(2)5-7;/h6-7H,3-5H2,1-2H3;. The van der Waals surface area contributed by atoms with Crippen molar-refractivity contribution >= 4 is 0 Å². The summed E-state index contributed by atoms with van der Waals surface area (Å²) in [5.74, 6) is 0.505. The SMILES string of the molecule is CCCC(C)CO.[Cu]. The summed E-state index contributed by atoms with van der Waals surface area (Å²) in [4.78, 5) is 0. The Morgan fingerprint density at radius 2 is 2.00 bits per heavy atom. The number of hydrogen-bond acceptors (Lipinski definition) is 1. The van der Waals surface area contributed by atoms with Crippen molar-refractivity contribution in [3.05, 3.63) is 0 Å². The first-order chi connectivity index (χ1) is 3.31. The molecular weight excluding hydrogens is 152 g/mol. The Morgan fingerprint density at radius 1 is 1.50 bits per heavy atom. The zero-order chi connectivity index (χ0) is 5.70. The number of hydrogen-bond donors (Lipinski definition) is 1.